The molecule has 0 bridgehead atoms. The molecular weight excluding hydrogens is 334 g/mol. The fourth-order valence-electron chi connectivity index (χ4n) is 1.20. The van der Waals surface area contributed by atoms with Crippen molar-refractivity contribution in [1.29, 1.82) is 0 Å². The van der Waals surface area contributed by atoms with Crippen molar-refractivity contribution in [2.75, 3.05) is 18.6 Å². The van der Waals surface area contributed by atoms with Crippen LogP contribution in [0.5, 0.6) is 0 Å². The summed E-state index contributed by atoms with van der Waals surface area (Å²) in [6, 6.07) is 1.18. The van der Waals surface area contributed by atoms with E-state index in [1.807, 2.05) is 0 Å². The van der Waals surface area contributed by atoms with E-state index in [0.717, 1.165) is 17.6 Å². The summed E-state index contributed by atoms with van der Waals surface area (Å²) in [4.78, 5) is 11.6. The minimum atomic E-state index is -3.83. The zero-order chi connectivity index (χ0) is 14.7. The van der Waals surface area contributed by atoms with E-state index >= 15 is 0 Å². The number of amides is 1. The molecule has 1 amide bonds. The number of thiophene rings is 1. The molecule has 0 aromatic carbocycles. The maximum Gasteiger partial charge on any atom is 0.270 e. The van der Waals surface area contributed by atoms with Gasteiger partial charge in [0.1, 0.15) is 14.0 Å². The first kappa shape index (κ1) is 16.4. The molecule has 10 heteroatoms. The Balaban J connectivity index is 2.53. The van der Waals surface area contributed by atoms with Crippen LogP contribution in [0.15, 0.2) is 15.7 Å². The lowest BCUT2D eigenvalue weighted by molar-refractivity contribution is 0.0954. The largest absolute Gasteiger partial charge is 0.352 e. The average molecular weight is 346 g/mol. The van der Waals surface area contributed by atoms with Crippen molar-refractivity contribution in [3.8, 4) is 0 Å². The van der Waals surface area contributed by atoms with Crippen LogP contribution in [-0.2, 0) is 18.9 Å². The molecule has 0 radical (unpaired) electrons. The van der Waals surface area contributed by atoms with Gasteiger partial charge in [0.2, 0.25) is 0 Å². The number of sulfone groups is 1. The van der Waals surface area contributed by atoms with E-state index < -0.39 is 24.8 Å². The van der Waals surface area contributed by atoms with Gasteiger partial charge >= 0.3 is 0 Å². The van der Waals surface area contributed by atoms with Gasteiger partial charge in [0, 0.05) is 28.9 Å². The van der Waals surface area contributed by atoms with Crippen LogP contribution in [0.1, 0.15) is 16.8 Å². The number of carbonyl (C=O) groups excluding carboxylic acids is 1. The summed E-state index contributed by atoms with van der Waals surface area (Å²) >= 11 is 0.852. The molecule has 1 N–H and O–H groups in total. The van der Waals surface area contributed by atoms with Gasteiger partial charge in [-0.2, -0.15) is 0 Å². The number of carbonyl (C=O) groups is 1. The number of hydrogen-bond acceptors (Lipinski definition) is 6. The quantitative estimate of drug-likeness (QED) is 0.608. The zero-order valence-corrected chi connectivity index (χ0v) is 13.1. The van der Waals surface area contributed by atoms with Crippen LogP contribution in [0.3, 0.4) is 0 Å². The lowest BCUT2D eigenvalue weighted by Crippen LogP contribution is -2.25. The van der Waals surface area contributed by atoms with Crippen molar-refractivity contribution in [2.45, 2.75) is 10.6 Å². The summed E-state index contributed by atoms with van der Waals surface area (Å²) in [6.45, 7) is 0.199. The molecule has 0 aliphatic carbocycles. The van der Waals surface area contributed by atoms with E-state index in [4.69, 9.17) is 10.7 Å². The number of halogens is 1. The van der Waals surface area contributed by atoms with Crippen LogP contribution >= 0.6 is 22.0 Å². The second-order valence-corrected chi connectivity index (χ2v) is 9.80. The first-order chi connectivity index (χ1) is 8.59. The van der Waals surface area contributed by atoms with Crippen molar-refractivity contribution < 1.29 is 21.6 Å². The van der Waals surface area contributed by atoms with Gasteiger partial charge in [-0.05, 0) is 12.5 Å². The summed E-state index contributed by atoms with van der Waals surface area (Å²) < 4.78 is 43.7. The van der Waals surface area contributed by atoms with Crippen LogP contribution in [0, 0.1) is 0 Å². The van der Waals surface area contributed by atoms with Crippen LogP contribution in [0.2, 0.25) is 0 Å². The Bertz CT molecular complexity index is 662. The topological polar surface area (TPSA) is 97.4 Å². The van der Waals surface area contributed by atoms with Crippen molar-refractivity contribution in [3.05, 3.63) is 17.0 Å². The highest BCUT2D eigenvalue weighted by Gasteiger charge is 2.16. The third kappa shape index (κ3) is 5.89. The van der Waals surface area contributed by atoms with Crippen molar-refractivity contribution in [3.63, 3.8) is 0 Å². The number of hydrogen-bond donors (Lipinski definition) is 1. The average Bonchev–Trinajstić information content (AvgIpc) is 2.71. The number of nitrogens with one attached hydrogen (secondary N) is 1. The molecular formula is C9H12ClNO5S3. The highest BCUT2D eigenvalue weighted by atomic mass is 35.7. The summed E-state index contributed by atoms with van der Waals surface area (Å²) in [5, 5.41) is 3.88. The van der Waals surface area contributed by atoms with Gasteiger partial charge in [-0.15, -0.1) is 11.3 Å². The second kappa shape index (κ2) is 6.21. The Hall–Kier alpha value is -0.640. The van der Waals surface area contributed by atoms with E-state index in [2.05, 4.69) is 5.32 Å². The molecule has 6 nitrogen and oxygen atoms in total. The fourth-order valence-corrected chi connectivity index (χ4v) is 3.82. The van der Waals surface area contributed by atoms with E-state index in [1.165, 1.54) is 11.4 Å². The molecule has 1 heterocycles. The van der Waals surface area contributed by atoms with Gasteiger partial charge in [0.05, 0.1) is 11.3 Å². The van der Waals surface area contributed by atoms with Gasteiger partial charge in [-0.1, -0.05) is 0 Å². The van der Waals surface area contributed by atoms with Gasteiger partial charge in [-0.25, -0.2) is 16.8 Å². The molecule has 0 aliphatic rings. The molecule has 1 aromatic heterocycles. The minimum Gasteiger partial charge on any atom is -0.352 e. The molecule has 0 atom stereocenters. The van der Waals surface area contributed by atoms with Gasteiger partial charge in [0.25, 0.3) is 15.0 Å². The molecule has 19 heavy (non-hydrogen) atoms. The molecule has 0 fully saturated rings. The predicted octanol–water partition coefficient (Wildman–Crippen LogP) is 0.840. The molecule has 0 spiro atoms. The SMILES string of the molecule is CS(=O)(=O)CCCNC(=O)c1csc(S(=O)(=O)Cl)c1. The monoisotopic (exact) mass is 345 g/mol. The highest BCUT2D eigenvalue weighted by molar-refractivity contribution is 8.15. The first-order valence-corrected chi connectivity index (χ1v) is 10.3. The van der Waals surface area contributed by atoms with E-state index in [0.29, 0.717) is 6.42 Å². The van der Waals surface area contributed by atoms with Gasteiger partial charge in [-0.3, -0.25) is 4.79 Å². The molecule has 0 saturated heterocycles. The van der Waals surface area contributed by atoms with Crippen LogP contribution < -0.4 is 5.32 Å². The van der Waals surface area contributed by atoms with E-state index in [-0.39, 0.29) is 22.1 Å². The molecule has 1 rings (SSSR count). The predicted molar refractivity (Wildman–Crippen MR) is 74.0 cm³/mol. The molecule has 0 unspecified atom stereocenters. The Morgan fingerprint density at radius 1 is 1.37 bits per heavy atom. The first-order valence-electron chi connectivity index (χ1n) is 5.09. The van der Waals surface area contributed by atoms with Crippen molar-refractivity contribution in [2.24, 2.45) is 0 Å². The summed E-state index contributed by atoms with van der Waals surface area (Å²) in [7, 11) is -1.74. The van der Waals surface area contributed by atoms with Crippen LogP contribution in [0.25, 0.3) is 0 Å². The zero-order valence-electron chi connectivity index (χ0n) is 9.92. The van der Waals surface area contributed by atoms with Gasteiger partial charge in [0.15, 0.2) is 0 Å². The van der Waals surface area contributed by atoms with Crippen molar-refractivity contribution >= 4 is 46.8 Å². The highest BCUT2D eigenvalue weighted by Crippen LogP contribution is 2.23. The summed E-state index contributed by atoms with van der Waals surface area (Å²) in [5.41, 5.74) is 0.184. The standard InChI is InChI=1S/C9H12ClNO5S3/c1-18(13,14)4-2-3-11-9(12)7-5-8(17-6-7)19(10,15)16/h5-6H,2-4H2,1H3,(H,11,12). The fraction of sp³-hybridized carbons (Fsp3) is 0.444. The Morgan fingerprint density at radius 3 is 2.47 bits per heavy atom. The molecule has 0 aliphatic heterocycles. The normalized spacial score (nSPS) is 12.3. The Morgan fingerprint density at radius 2 is 2.00 bits per heavy atom. The Labute approximate surface area is 120 Å². The number of rotatable bonds is 6. The molecule has 0 saturated carbocycles. The second-order valence-electron chi connectivity index (χ2n) is 3.83. The minimum absolute atomic E-state index is 0.0156. The smallest absolute Gasteiger partial charge is 0.270 e. The van der Waals surface area contributed by atoms with E-state index in [9.17, 15) is 21.6 Å². The lowest BCUT2D eigenvalue weighted by atomic mass is 10.3. The summed E-state index contributed by atoms with van der Waals surface area (Å²) in [5.74, 6) is -0.477. The van der Waals surface area contributed by atoms with E-state index in [1.54, 1.807) is 0 Å². The third-order valence-corrected chi connectivity index (χ3v) is 6.13. The Kier molecular flexibility index (Phi) is 5.36. The summed E-state index contributed by atoms with van der Waals surface area (Å²) in [6.07, 6.45) is 1.42. The third-order valence-electron chi connectivity index (χ3n) is 2.06. The molecule has 108 valence electrons. The van der Waals surface area contributed by atoms with Crippen LogP contribution in [0.4, 0.5) is 0 Å². The van der Waals surface area contributed by atoms with Gasteiger partial charge < -0.3 is 5.32 Å². The van der Waals surface area contributed by atoms with Crippen molar-refractivity contribution in [1.82, 2.24) is 5.32 Å². The maximum atomic E-state index is 11.6. The maximum absolute atomic E-state index is 11.6. The van der Waals surface area contributed by atoms with Crippen LogP contribution in [-0.4, -0.2) is 41.3 Å². The molecule has 1 aromatic rings. The lowest BCUT2D eigenvalue weighted by Gasteiger charge is -2.02.